The second-order valence-electron chi connectivity index (χ2n) is 4.47. The molecular formula is C11H18N2O2S. The molecule has 0 bridgehead atoms. The fourth-order valence-corrected chi connectivity index (χ4v) is 2.47. The molecule has 16 heavy (non-hydrogen) atoms. The fraction of sp³-hybridized carbons (Fsp3) is 0.636. The van der Waals surface area contributed by atoms with Crippen LogP contribution < -0.4 is 5.32 Å². The van der Waals surface area contributed by atoms with E-state index in [1.165, 1.54) is 11.3 Å². The molecule has 0 atom stereocenters. The zero-order valence-corrected chi connectivity index (χ0v) is 10.7. The van der Waals surface area contributed by atoms with Gasteiger partial charge in [-0.15, -0.1) is 11.3 Å². The summed E-state index contributed by atoms with van der Waals surface area (Å²) in [7, 11) is 0. The number of carbonyl (C=O) groups is 1. The molecule has 2 N–H and O–H groups in total. The van der Waals surface area contributed by atoms with Crippen LogP contribution in [0.4, 0.5) is 5.13 Å². The van der Waals surface area contributed by atoms with Gasteiger partial charge < -0.3 is 10.4 Å². The number of hydrogen-bond acceptors (Lipinski definition) is 4. The number of nitrogens with one attached hydrogen (secondary N) is 1. The second-order valence-corrected chi connectivity index (χ2v) is 5.33. The minimum absolute atomic E-state index is 0.00704. The Balaban J connectivity index is 2.61. The van der Waals surface area contributed by atoms with Crippen molar-refractivity contribution in [2.75, 3.05) is 5.32 Å². The maximum absolute atomic E-state index is 10.5. The van der Waals surface area contributed by atoms with E-state index in [9.17, 15) is 4.79 Å². The van der Waals surface area contributed by atoms with Crippen LogP contribution >= 0.6 is 11.3 Å². The predicted molar refractivity (Wildman–Crippen MR) is 66.1 cm³/mol. The summed E-state index contributed by atoms with van der Waals surface area (Å²) >= 11 is 1.46. The lowest BCUT2D eigenvalue weighted by Crippen LogP contribution is -2.30. The van der Waals surface area contributed by atoms with Gasteiger partial charge in [-0.05, 0) is 20.3 Å². The summed E-state index contributed by atoms with van der Waals surface area (Å²) in [6, 6.07) is 0. The maximum atomic E-state index is 10.5. The number of nitrogens with zero attached hydrogens (tertiary/aromatic N) is 1. The van der Waals surface area contributed by atoms with E-state index in [0.717, 1.165) is 18.0 Å². The van der Waals surface area contributed by atoms with Crippen LogP contribution in [-0.2, 0) is 11.2 Å². The third kappa shape index (κ3) is 4.18. The highest BCUT2D eigenvalue weighted by Gasteiger charge is 2.17. The number of aliphatic carboxylic acids is 1. The smallest absolute Gasteiger partial charge is 0.309 e. The molecule has 0 aliphatic rings. The van der Waals surface area contributed by atoms with E-state index in [4.69, 9.17) is 5.11 Å². The highest BCUT2D eigenvalue weighted by atomic mass is 32.1. The van der Waals surface area contributed by atoms with Crippen LogP contribution in [0.15, 0.2) is 5.38 Å². The van der Waals surface area contributed by atoms with Crippen molar-refractivity contribution in [1.82, 2.24) is 4.98 Å². The highest BCUT2D eigenvalue weighted by Crippen LogP contribution is 2.23. The van der Waals surface area contributed by atoms with Crippen molar-refractivity contribution in [3.63, 3.8) is 0 Å². The van der Waals surface area contributed by atoms with Crippen LogP contribution in [-0.4, -0.2) is 21.6 Å². The molecule has 0 spiro atoms. The lowest BCUT2D eigenvalue weighted by atomic mass is 10.00. The number of hydrogen-bond donors (Lipinski definition) is 2. The molecule has 5 heteroatoms. The molecule has 1 aromatic rings. The Morgan fingerprint density at radius 2 is 2.31 bits per heavy atom. The number of carboxylic acid groups (broad SMARTS) is 1. The quantitative estimate of drug-likeness (QED) is 0.805. The van der Waals surface area contributed by atoms with Gasteiger partial charge in [-0.3, -0.25) is 4.79 Å². The van der Waals surface area contributed by atoms with Gasteiger partial charge in [0.15, 0.2) is 5.13 Å². The molecule has 0 radical (unpaired) electrons. The third-order valence-corrected chi connectivity index (χ3v) is 3.01. The van der Waals surface area contributed by atoms with Crippen molar-refractivity contribution in [2.24, 2.45) is 0 Å². The first-order chi connectivity index (χ1) is 7.43. The van der Waals surface area contributed by atoms with Gasteiger partial charge in [0.05, 0.1) is 12.1 Å². The molecule has 1 aromatic heterocycles. The maximum Gasteiger partial charge on any atom is 0.309 e. The second kappa shape index (κ2) is 5.30. The molecule has 0 aliphatic carbocycles. The molecule has 1 rings (SSSR count). The molecule has 4 nitrogen and oxygen atoms in total. The van der Waals surface area contributed by atoms with Crippen LogP contribution in [0.5, 0.6) is 0 Å². The van der Waals surface area contributed by atoms with E-state index in [-0.39, 0.29) is 12.0 Å². The van der Waals surface area contributed by atoms with Crippen LogP contribution in [0.1, 0.15) is 39.3 Å². The van der Waals surface area contributed by atoms with Gasteiger partial charge in [0.2, 0.25) is 0 Å². The molecule has 0 aliphatic heterocycles. The highest BCUT2D eigenvalue weighted by molar-refractivity contribution is 7.13. The Labute approximate surface area is 99.7 Å². The van der Waals surface area contributed by atoms with E-state index in [1.807, 2.05) is 0 Å². The van der Waals surface area contributed by atoms with Crippen molar-refractivity contribution in [2.45, 2.75) is 45.6 Å². The molecule has 90 valence electrons. The molecule has 1 heterocycles. The summed E-state index contributed by atoms with van der Waals surface area (Å²) in [6.45, 7) is 6.38. The molecule has 0 fully saturated rings. The third-order valence-electron chi connectivity index (χ3n) is 2.20. The summed E-state index contributed by atoms with van der Waals surface area (Å²) in [5.41, 5.74) is 0.625. The van der Waals surface area contributed by atoms with Crippen LogP contribution in [0, 0.1) is 0 Å². The van der Waals surface area contributed by atoms with E-state index in [1.54, 1.807) is 5.38 Å². The Kier molecular flexibility index (Phi) is 4.29. The Morgan fingerprint density at radius 3 is 2.88 bits per heavy atom. The Hall–Kier alpha value is -1.10. The first-order valence-electron chi connectivity index (χ1n) is 5.37. The van der Waals surface area contributed by atoms with Gasteiger partial charge in [0.25, 0.3) is 0 Å². The van der Waals surface area contributed by atoms with Gasteiger partial charge in [-0.2, -0.15) is 0 Å². The van der Waals surface area contributed by atoms with Crippen molar-refractivity contribution in [1.29, 1.82) is 0 Å². The van der Waals surface area contributed by atoms with Crippen LogP contribution in [0.3, 0.4) is 0 Å². The van der Waals surface area contributed by atoms with Gasteiger partial charge in [-0.25, -0.2) is 4.98 Å². The summed E-state index contributed by atoms with van der Waals surface area (Å²) < 4.78 is 0. The average Bonchev–Trinajstić information content (AvgIpc) is 2.49. The summed E-state index contributed by atoms with van der Waals surface area (Å²) in [5.74, 6) is -0.843. The summed E-state index contributed by atoms with van der Waals surface area (Å²) in [5, 5.41) is 14.6. The zero-order valence-electron chi connectivity index (χ0n) is 9.91. The lowest BCUT2D eigenvalue weighted by molar-refractivity contribution is -0.136. The largest absolute Gasteiger partial charge is 0.481 e. The summed E-state index contributed by atoms with van der Waals surface area (Å²) in [6.07, 6.45) is 2.15. The van der Waals surface area contributed by atoms with Crippen molar-refractivity contribution < 1.29 is 9.90 Å². The SMILES string of the molecule is CCCC(C)(C)Nc1nc(CC(=O)O)cs1. The average molecular weight is 242 g/mol. The molecule has 0 amide bonds. The molecule has 0 unspecified atom stereocenters. The van der Waals surface area contributed by atoms with Crippen LogP contribution in [0.25, 0.3) is 0 Å². The molecular weight excluding hydrogens is 224 g/mol. The first-order valence-corrected chi connectivity index (χ1v) is 6.25. The monoisotopic (exact) mass is 242 g/mol. The predicted octanol–water partition coefficient (Wildman–Crippen LogP) is 2.76. The van der Waals surface area contributed by atoms with Gasteiger partial charge >= 0.3 is 5.97 Å². The van der Waals surface area contributed by atoms with E-state index >= 15 is 0 Å². The normalized spacial score (nSPS) is 11.4. The standard InChI is InChI=1S/C11H18N2O2S/c1-4-5-11(2,3)13-10-12-8(7-16-10)6-9(14)15/h7H,4-6H2,1-3H3,(H,12,13)(H,14,15). The Bertz CT molecular complexity index is 361. The van der Waals surface area contributed by atoms with E-state index in [0.29, 0.717) is 5.69 Å². The minimum Gasteiger partial charge on any atom is -0.481 e. The van der Waals surface area contributed by atoms with Gasteiger partial charge in [0.1, 0.15) is 0 Å². The van der Waals surface area contributed by atoms with Gasteiger partial charge in [-0.1, -0.05) is 13.3 Å². The van der Waals surface area contributed by atoms with Gasteiger partial charge in [0, 0.05) is 10.9 Å². The molecule has 0 saturated carbocycles. The minimum atomic E-state index is -0.843. The number of aromatic nitrogens is 1. The topological polar surface area (TPSA) is 62.2 Å². The number of carboxylic acids is 1. The van der Waals surface area contributed by atoms with E-state index in [2.05, 4.69) is 31.1 Å². The van der Waals surface area contributed by atoms with Crippen molar-refractivity contribution >= 4 is 22.4 Å². The zero-order chi connectivity index (χ0) is 12.2. The number of thiazole rings is 1. The first kappa shape index (κ1) is 13.0. The lowest BCUT2D eigenvalue weighted by Gasteiger charge is -2.25. The number of anilines is 1. The Morgan fingerprint density at radius 1 is 1.62 bits per heavy atom. The van der Waals surface area contributed by atoms with Crippen molar-refractivity contribution in [3.8, 4) is 0 Å². The van der Waals surface area contributed by atoms with Crippen LogP contribution in [0.2, 0.25) is 0 Å². The van der Waals surface area contributed by atoms with E-state index < -0.39 is 5.97 Å². The summed E-state index contributed by atoms with van der Waals surface area (Å²) in [4.78, 5) is 14.8. The fourth-order valence-electron chi connectivity index (χ4n) is 1.58. The number of rotatable bonds is 6. The molecule has 0 aromatic carbocycles. The van der Waals surface area contributed by atoms with Crippen molar-refractivity contribution in [3.05, 3.63) is 11.1 Å². The molecule has 0 saturated heterocycles.